The van der Waals surface area contributed by atoms with E-state index < -0.39 is 114 Å². The van der Waals surface area contributed by atoms with E-state index in [1.165, 1.54) is 79.9 Å². The first-order valence-corrected chi connectivity index (χ1v) is 32.6. The van der Waals surface area contributed by atoms with Crippen molar-refractivity contribution < 1.29 is 87.3 Å². The topological polar surface area (TPSA) is 482 Å². The molecule has 1 heterocycles. The molecular weight excluding hydrogens is 1290 g/mol. The standard InChI is InChI=1S/C49H36ClN11O20S6/c1-25-16-38(40(80-2)24-37(25)59-60-39-22-33(83(66,67)68)18-27-19-34(84(69,70)71)23-41(44(27)39)81-87(78,79)32-6-4-3-5-7-32)52-49-54-47(50)53-48(55-49)51-29-10-14-35-26(17-29)20-43(86(75,76)77)45(46(35)62)61-58-36-15-11-30(21-42(36)85(72,73)74)57-56-28-8-12-31(13-9-28)82(63,64)65/h3-24,62H,1-2H3,(H,63,64,65)(H,66,67,68)(H,69,70,71)(H,72,73,74)(H,75,76,77)(H2,51,52,53,54,55). The van der Waals surface area contributed by atoms with Gasteiger partial charge in [-0.3, -0.25) is 22.8 Å². The molecule has 0 saturated carbocycles. The molecule has 0 amide bonds. The number of aromatic hydroxyl groups is 1. The van der Waals surface area contributed by atoms with Crippen molar-refractivity contribution in [2.75, 3.05) is 17.7 Å². The Morgan fingerprint density at radius 3 is 1.69 bits per heavy atom. The number of benzene rings is 8. The molecule has 1 aromatic heterocycles. The molecule has 0 spiro atoms. The predicted octanol–water partition coefficient (Wildman–Crippen LogP) is 10.6. The number of methoxy groups -OCH3 is 1. The van der Waals surface area contributed by atoms with Crippen LogP contribution in [0.5, 0.6) is 17.2 Å². The van der Waals surface area contributed by atoms with E-state index in [9.17, 15) is 78.4 Å². The molecule has 0 radical (unpaired) electrons. The molecule has 38 heteroatoms. The molecule has 0 atom stereocenters. The summed E-state index contributed by atoms with van der Waals surface area (Å²) in [7, 11) is -28.5. The second-order valence-corrected chi connectivity index (χ2v) is 26.7. The van der Waals surface area contributed by atoms with Crippen LogP contribution in [0.2, 0.25) is 5.28 Å². The molecule has 87 heavy (non-hydrogen) atoms. The third-order valence-corrected chi connectivity index (χ3v) is 17.6. The van der Waals surface area contributed by atoms with E-state index in [4.69, 9.17) is 20.5 Å². The first kappa shape index (κ1) is 62.4. The number of azo groups is 3. The molecule has 8 aromatic carbocycles. The van der Waals surface area contributed by atoms with E-state index in [-0.39, 0.29) is 77.8 Å². The van der Waals surface area contributed by atoms with Crippen LogP contribution in [0.15, 0.2) is 194 Å². The van der Waals surface area contributed by atoms with Gasteiger partial charge in [-0.2, -0.15) is 80.8 Å². The van der Waals surface area contributed by atoms with E-state index in [1.54, 1.807) is 6.92 Å². The van der Waals surface area contributed by atoms with Crippen LogP contribution < -0.4 is 19.6 Å². The van der Waals surface area contributed by atoms with E-state index in [2.05, 4.69) is 56.3 Å². The van der Waals surface area contributed by atoms with E-state index >= 15 is 0 Å². The quantitative estimate of drug-likeness (QED) is 0.0212. The van der Waals surface area contributed by atoms with Gasteiger partial charge in [0.25, 0.3) is 50.6 Å². The van der Waals surface area contributed by atoms with Gasteiger partial charge in [-0.05, 0) is 138 Å². The fourth-order valence-electron chi connectivity index (χ4n) is 7.95. The summed E-state index contributed by atoms with van der Waals surface area (Å²) in [4.78, 5) is 8.03. The molecule has 0 bridgehead atoms. The number of fused-ring (bicyclic) bond motifs is 2. The van der Waals surface area contributed by atoms with Gasteiger partial charge in [0, 0.05) is 23.2 Å². The van der Waals surface area contributed by atoms with Crippen LogP contribution in [0.4, 0.5) is 57.4 Å². The Balaban J connectivity index is 0.992. The maximum Gasteiger partial charge on any atom is 0.339 e. The van der Waals surface area contributed by atoms with Gasteiger partial charge in [-0.15, -0.1) is 15.3 Å². The van der Waals surface area contributed by atoms with Crippen molar-refractivity contribution in [2.24, 2.45) is 30.7 Å². The average Bonchev–Trinajstić information content (AvgIpc) is 0.936. The predicted molar refractivity (Wildman–Crippen MR) is 307 cm³/mol. The molecule has 0 aliphatic rings. The Morgan fingerprint density at radius 2 is 1.07 bits per heavy atom. The molecule has 450 valence electrons. The number of phenolic OH excluding ortho intramolecular Hbond substituents is 1. The Hall–Kier alpha value is -9.12. The van der Waals surface area contributed by atoms with Crippen molar-refractivity contribution in [3.05, 3.63) is 144 Å². The maximum atomic E-state index is 13.4. The zero-order chi connectivity index (χ0) is 63.2. The van der Waals surface area contributed by atoms with Crippen molar-refractivity contribution in [3.63, 3.8) is 0 Å². The third kappa shape index (κ3) is 14.4. The summed E-state index contributed by atoms with van der Waals surface area (Å²) in [5.41, 5.74) is -1.38. The Kier molecular flexibility index (Phi) is 16.9. The van der Waals surface area contributed by atoms with Crippen LogP contribution in [0.1, 0.15) is 5.56 Å². The molecular formula is C49H36ClN11O20S6. The number of hydrogen-bond acceptors (Lipinski definition) is 26. The van der Waals surface area contributed by atoms with Gasteiger partial charge in [0.2, 0.25) is 17.2 Å². The largest absolute Gasteiger partial charge is 0.505 e. The minimum Gasteiger partial charge on any atom is -0.505 e. The zero-order valence-electron chi connectivity index (χ0n) is 43.5. The summed E-state index contributed by atoms with van der Waals surface area (Å²) < 4.78 is 210. The number of phenols is 1. The number of nitrogens with zero attached hydrogens (tertiary/aromatic N) is 9. The van der Waals surface area contributed by atoms with E-state index in [1.807, 2.05) is 0 Å². The lowest BCUT2D eigenvalue weighted by Gasteiger charge is -2.14. The number of hydrogen-bond donors (Lipinski definition) is 8. The lowest BCUT2D eigenvalue weighted by molar-refractivity contribution is 0.417. The molecule has 31 nitrogen and oxygen atoms in total. The second-order valence-electron chi connectivity index (χ2n) is 17.8. The lowest BCUT2D eigenvalue weighted by atomic mass is 10.1. The molecule has 8 N–H and O–H groups in total. The summed E-state index contributed by atoms with van der Waals surface area (Å²) in [5.74, 6) is -1.99. The maximum absolute atomic E-state index is 13.4. The Bertz CT molecular complexity index is 5140. The average molecular weight is 1330 g/mol. The van der Waals surface area contributed by atoms with E-state index in [0.29, 0.717) is 11.6 Å². The fourth-order valence-corrected chi connectivity index (χ4v) is 11.9. The molecule has 0 fully saturated rings. The normalized spacial score (nSPS) is 12.8. The summed E-state index contributed by atoms with van der Waals surface area (Å²) in [6.45, 7) is 1.55. The van der Waals surface area contributed by atoms with Crippen LogP contribution in [0.3, 0.4) is 0 Å². The molecule has 9 aromatic rings. The number of ether oxygens (including phenoxy) is 1. The summed E-state index contributed by atoms with van der Waals surface area (Å²) in [6, 6.07) is 24.7. The van der Waals surface area contributed by atoms with Crippen molar-refractivity contribution in [1.82, 2.24) is 15.0 Å². The number of anilines is 4. The van der Waals surface area contributed by atoms with Crippen molar-refractivity contribution in [2.45, 2.75) is 36.3 Å². The van der Waals surface area contributed by atoms with Gasteiger partial charge in [0.15, 0.2) is 11.5 Å². The molecule has 0 aliphatic heterocycles. The number of nitrogens with one attached hydrogen (secondary N) is 2. The van der Waals surface area contributed by atoms with Crippen LogP contribution in [-0.2, 0) is 60.7 Å². The van der Waals surface area contributed by atoms with Gasteiger partial charge in [-0.1, -0.05) is 18.2 Å². The molecule has 9 rings (SSSR count). The van der Waals surface area contributed by atoms with E-state index in [0.717, 1.165) is 54.6 Å². The van der Waals surface area contributed by atoms with Gasteiger partial charge in [0.05, 0.1) is 55.6 Å². The third-order valence-electron chi connectivity index (χ3n) is 11.9. The Labute approximate surface area is 496 Å². The monoisotopic (exact) mass is 1330 g/mol. The zero-order valence-corrected chi connectivity index (χ0v) is 49.1. The Morgan fingerprint density at radius 1 is 0.483 bits per heavy atom. The lowest BCUT2D eigenvalue weighted by Crippen LogP contribution is -2.11. The minimum absolute atomic E-state index is 0.0367. The number of halogens is 1. The van der Waals surface area contributed by atoms with Gasteiger partial charge in [-0.25, -0.2) is 0 Å². The van der Waals surface area contributed by atoms with Gasteiger partial charge in [0.1, 0.15) is 31.8 Å². The summed E-state index contributed by atoms with van der Waals surface area (Å²) in [5, 5.41) is 39.5. The summed E-state index contributed by atoms with van der Waals surface area (Å²) >= 11 is 6.31. The van der Waals surface area contributed by atoms with Crippen LogP contribution >= 0.6 is 11.6 Å². The van der Waals surface area contributed by atoms with Crippen molar-refractivity contribution in [3.8, 4) is 17.2 Å². The van der Waals surface area contributed by atoms with Crippen LogP contribution in [-0.4, -0.2) is 100 Å². The molecule has 0 saturated heterocycles. The number of aryl methyl sites for hydroxylation is 1. The molecule has 0 unspecified atom stereocenters. The second kappa shape index (κ2) is 23.6. The summed E-state index contributed by atoms with van der Waals surface area (Å²) in [6.07, 6.45) is 0. The number of aromatic nitrogens is 3. The fraction of sp³-hybridized carbons (Fsp3) is 0.0408. The first-order valence-electron chi connectivity index (χ1n) is 23.6. The van der Waals surface area contributed by atoms with Crippen molar-refractivity contribution >= 4 is 151 Å². The SMILES string of the molecule is COc1cc(N=Nc2cc(S(=O)(=O)O)cc3cc(S(=O)(=O)O)cc(OS(=O)(=O)c4ccccc4)c23)c(C)cc1Nc1nc(Cl)nc(Nc2ccc3c(O)c(N=Nc4ccc(N=Nc5ccc(S(=O)(=O)O)cc5)cc4S(=O)(=O)O)c(S(=O)(=O)O)cc3c2)n1. The minimum atomic E-state index is -5.25. The smallest absolute Gasteiger partial charge is 0.339 e. The van der Waals surface area contributed by atoms with Crippen LogP contribution in [0, 0.1) is 6.92 Å². The highest BCUT2D eigenvalue weighted by atomic mass is 35.5. The highest BCUT2D eigenvalue weighted by molar-refractivity contribution is 7.87. The van der Waals surface area contributed by atoms with Crippen molar-refractivity contribution in [1.29, 1.82) is 0 Å². The number of rotatable bonds is 19. The first-order chi connectivity index (χ1) is 40.6. The van der Waals surface area contributed by atoms with Crippen LogP contribution in [0.25, 0.3) is 21.5 Å². The highest BCUT2D eigenvalue weighted by Crippen LogP contribution is 2.45. The highest BCUT2D eigenvalue weighted by Gasteiger charge is 2.27. The van der Waals surface area contributed by atoms with Gasteiger partial charge < -0.3 is 24.7 Å². The molecule has 0 aliphatic carbocycles. The van der Waals surface area contributed by atoms with Gasteiger partial charge >= 0.3 is 10.1 Å².